The van der Waals surface area contributed by atoms with Crippen LogP contribution in [0.4, 0.5) is 5.13 Å². The van der Waals surface area contributed by atoms with Crippen LogP contribution in [0, 0.1) is 0 Å². The molecule has 6 nitrogen and oxygen atoms in total. The number of ketones is 1. The number of halogens is 1. The van der Waals surface area contributed by atoms with E-state index in [0.717, 1.165) is 0 Å². The van der Waals surface area contributed by atoms with Crippen molar-refractivity contribution in [2.45, 2.75) is 13.3 Å². The van der Waals surface area contributed by atoms with E-state index in [-0.39, 0.29) is 30.6 Å². The van der Waals surface area contributed by atoms with Crippen LogP contribution in [0.1, 0.15) is 34.2 Å². The normalized spacial score (nSPS) is 10.2. The van der Waals surface area contributed by atoms with Crippen molar-refractivity contribution in [1.82, 2.24) is 10.3 Å². The molecule has 0 saturated heterocycles. The van der Waals surface area contributed by atoms with Gasteiger partial charge in [-0.15, -0.1) is 11.3 Å². The third-order valence-corrected chi connectivity index (χ3v) is 3.86. The molecular weight excluding hydrogens is 338 g/mol. The van der Waals surface area contributed by atoms with Crippen molar-refractivity contribution in [2.75, 3.05) is 11.9 Å². The van der Waals surface area contributed by atoms with Crippen LogP contribution in [0.15, 0.2) is 29.6 Å². The van der Waals surface area contributed by atoms with Gasteiger partial charge in [-0.1, -0.05) is 11.6 Å². The van der Waals surface area contributed by atoms with Crippen molar-refractivity contribution in [2.24, 2.45) is 0 Å². The Morgan fingerprint density at radius 2 is 1.91 bits per heavy atom. The van der Waals surface area contributed by atoms with Crippen LogP contribution >= 0.6 is 22.9 Å². The Kier molecular flexibility index (Phi) is 5.84. The Labute approximate surface area is 141 Å². The van der Waals surface area contributed by atoms with Gasteiger partial charge in [-0.2, -0.15) is 0 Å². The highest BCUT2D eigenvalue weighted by molar-refractivity contribution is 7.14. The van der Waals surface area contributed by atoms with Crippen LogP contribution in [0.3, 0.4) is 0 Å². The largest absolute Gasteiger partial charge is 0.352 e. The van der Waals surface area contributed by atoms with E-state index in [1.807, 2.05) is 0 Å². The van der Waals surface area contributed by atoms with Gasteiger partial charge in [0.05, 0.1) is 0 Å². The van der Waals surface area contributed by atoms with Crippen LogP contribution in [-0.2, 0) is 4.79 Å². The summed E-state index contributed by atoms with van der Waals surface area (Å²) in [6, 6.07) is 6.46. The number of carbonyl (C=O) groups is 3. The van der Waals surface area contributed by atoms with E-state index in [4.69, 9.17) is 11.6 Å². The van der Waals surface area contributed by atoms with Gasteiger partial charge in [0.15, 0.2) is 10.9 Å². The molecule has 0 atom stereocenters. The molecule has 0 fully saturated rings. The summed E-state index contributed by atoms with van der Waals surface area (Å²) in [5, 5.41) is 7.73. The number of carbonyl (C=O) groups excluding carboxylic acids is 3. The predicted octanol–water partition coefficient (Wildman–Crippen LogP) is 2.76. The zero-order chi connectivity index (χ0) is 16.8. The number of Topliss-reactive ketones (excluding diaryl/α,β-unsaturated/α-hetero) is 1. The van der Waals surface area contributed by atoms with E-state index in [0.29, 0.717) is 21.4 Å². The molecule has 1 heterocycles. The molecule has 2 rings (SSSR count). The minimum atomic E-state index is -0.286. The summed E-state index contributed by atoms with van der Waals surface area (Å²) < 4.78 is 0. The molecule has 0 aliphatic heterocycles. The summed E-state index contributed by atoms with van der Waals surface area (Å²) in [7, 11) is 0. The number of nitrogens with one attached hydrogen (secondary N) is 2. The molecule has 0 aliphatic rings. The van der Waals surface area contributed by atoms with Gasteiger partial charge >= 0.3 is 0 Å². The molecule has 0 saturated carbocycles. The lowest BCUT2D eigenvalue weighted by molar-refractivity contribution is -0.116. The first-order chi connectivity index (χ1) is 11.0. The second-order valence-electron chi connectivity index (χ2n) is 4.66. The third-order valence-electron chi connectivity index (χ3n) is 2.86. The van der Waals surface area contributed by atoms with Crippen molar-refractivity contribution in [3.8, 4) is 0 Å². The Morgan fingerprint density at radius 1 is 1.22 bits per heavy atom. The van der Waals surface area contributed by atoms with E-state index in [9.17, 15) is 14.4 Å². The fourth-order valence-corrected chi connectivity index (χ4v) is 2.56. The molecule has 120 valence electrons. The summed E-state index contributed by atoms with van der Waals surface area (Å²) in [5.41, 5.74) is 0.794. The molecule has 0 spiro atoms. The SMILES string of the molecule is CC(=O)c1csc(NC(=O)CCNC(=O)c2ccc(Cl)cc2)n1. The maximum Gasteiger partial charge on any atom is 0.251 e. The molecule has 1 aromatic carbocycles. The number of benzene rings is 1. The van der Waals surface area contributed by atoms with Gasteiger partial charge in [-0.3, -0.25) is 14.4 Å². The van der Waals surface area contributed by atoms with Gasteiger partial charge in [0, 0.05) is 35.9 Å². The molecule has 23 heavy (non-hydrogen) atoms. The average Bonchev–Trinajstić information content (AvgIpc) is 2.96. The quantitative estimate of drug-likeness (QED) is 0.783. The second kappa shape index (κ2) is 7.85. The fraction of sp³-hybridized carbons (Fsp3) is 0.200. The summed E-state index contributed by atoms with van der Waals surface area (Å²) in [6.07, 6.45) is 0.105. The van der Waals surface area contributed by atoms with Gasteiger partial charge in [0.2, 0.25) is 5.91 Å². The Morgan fingerprint density at radius 3 is 2.52 bits per heavy atom. The average molecular weight is 352 g/mol. The fourth-order valence-electron chi connectivity index (χ4n) is 1.67. The molecular formula is C15H14ClN3O3S. The lowest BCUT2D eigenvalue weighted by Gasteiger charge is -2.05. The second-order valence-corrected chi connectivity index (χ2v) is 5.95. The molecule has 2 N–H and O–H groups in total. The minimum absolute atomic E-state index is 0.105. The van der Waals surface area contributed by atoms with Gasteiger partial charge in [0.1, 0.15) is 5.69 Å². The third kappa shape index (κ3) is 5.15. The first-order valence-electron chi connectivity index (χ1n) is 6.76. The number of thiazole rings is 1. The van der Waals surface area contributed by atoms with Crippen LogP contribution in [0.5, 0.6) is 0 Å². The summed E-state index contributed by atoms with van der Waals surface area (Å²) in [5.74, 6) is -0.717. The highest BCUT2D eigenvalue weighted by atomic mass is 35.5. The number of anilines is 1. The zero-order valence-electron chi connectivity index (χ0n) is 12.3. The summed E-state index contributed by atoms with van der Waals surface area (Å²) >= 11 is 6.93. The lowest BCUT2D eigenvalue weighted by Crippen LogP contribution is -2.27. The van der Waals surface area contributed by atoms with Crippen LogP contribution < -0.4 is 10.6 Å². The molecule has 0 bridgehead atoms. The maximum atomic E-state index is 11.8. The molecule has 2 aromatic rings. The smallest absolute Gasteiger partial charge is 0.251 e. The van der Waals surface area contributed by atoms with Crippen molar-refractivity contribution in [3.05, 3.63) is 45.9 Å². The van der Waals surface area contributed by atoms with Crippen molar-refractivity contribution in [3.63, 3.8) is 0 Å². The first-order valence-corrected chi connectivity index (χ1v) is 8.01. The zero-order valence-corrected chi connectivity index (χ0v) is 13.8. The highest BCUT2D eigenvalue weighted by Crippen LogP contribution is 2.15. The number of aromatic nitrogens is 1. The number of rotatable bonds is 6. The molecule has 0 aliphatic carbocycles. The Balaban J connectivity index is 1.76. The monoisotopic (exact) mass is 351 g/mol. The topological polar surface area (TPSA) is 88.2 Å². The molecule has 2 amide bonds. The van der Waals surface area contributed by atoms with Crippen molar-refractivity contribution >= 4 is 45.7 Å². The van der Waals surface area contributed by atoms with E-state index >= 15 is 0 Å². The summed E-state index contributed by atoms with van der Waals surface area (Å²) in [4.78, 5) is 38.7. The summed E-state index contributed by atoms with van der Waals surface area (Å²) in [6.45, 7) is 1.60. The number of amides is 2. The number of hydrogen-bond donors (Lipinski definition) is 2. The van der Waals surface area contributed by atoms with Gasteiger partial charge < -0.3 is 10.6 Å². The van der Waals surface area contributed by atoms with Gasteiger partial charge in [-0.05, 0) is 24.3 Å². The van der Waals surface area contributed by atoms with Crippen molar-refractivity contribution < 1.29 is 14.4 Å². The first kappa shape index (κ1) is 17.1. The van der Waals surface area contributed by atoms with Crippen LogP contribution in [0.25, 0.3) is 0 Å². The molecule has 0 unspecified atom stereocenters. The van der Waals surface area contributed by atoms with Gasteiger partial charge in [0.25, 0.3) is 5.91 Å². The standard InChI is InChI=1S/C15H14ClN3O3S/c1-9(20)12-8-23-15(18-12)19-13(21)6-7-17-14(22)10-2-4-11(16)5-3-10/h2-5,8H,6-7H2,1H3,(H,17,22)(H,18,19,21). The van der Waals surface area contributed by atoms with E-state index in [2.05, 4.69) is 15.6 Å². The van der Waals surface area contributed by atoms with Crippen molar-refractivity contribution in [1.29, 1.82) is 0 Å². The minimum Gasteiger partial charge on any atom is -0.352 e. The highest BCUT2D eigenvalue weighted by Gasteiger charge is 2.10. The van der Waals surface area contributed by atoms with Crippen LogP contribution in [0.2, 0.25) is 5.02 Å². The lowest BCUT2D eigenvalue weighted by atomic mass is 10.2. The number of hydrogen-bond acceptors (Lipinski definition) is 5. The van der Waals surface area contributed by atoms with Gasteiger partial charge in [-0.25, -0.2) is 4.98 Å². The predicted molar refractivity (Wildman–Crippen MR) is 89.2 cm³/mol. The molecule has 8 heteroatoms. The Hall–Kier alpha value is -2.25. The van der Waals surface area contributed by atoms with E-state index in [1.165, 1.54) is 18.3 Å². The van der Waals surface area contributed by atoms with Crippen LogP contribution in [-0.4, -0.2) is 29.1 Å². The van der Waals surface area contributed by atoms with E-state index in [1.54, 1.807) is 29.6 Å². The molecule has 1 aromatic heterocycles. The van der Waals surface area contributed by atoms with E-state index < -0.39 is 0 Å². The molecule has 0 radical (unpaired) electrons. The Bertz CT molecular complexity index is 728. The maximum absolute atomic E-state index is 11.8. The number of nitrogens with zero attached hydrogens (tertiary/aromatic N) is 1.